The van der Waals surface area contributed by atoms with Gasteiger partial charge in [0.15, 0.2) is 0 Å². The largest absolute Gasteiger partial charge is 0.341 e. The maximum absolute atomic E-state index is 4.68. The van der Waals surface area contributed by atoms with Gasteiger partial charge in [-0.05, 0) is 12.8 Å². The van der Waals surface area contributed by atoms with Gasteiger partial charge in [-0.25, -0.2) is 9.97 Å². The second kappa shape index (κ2) is 8.36. The summed E-state index contributed by atoms with van der Waals surface area (Å²) in [5, 5.41) is 0. The van der Waals surface area contributed by atoms with Crippen LogP contribution in [-0.4, -0.2) is 47.1 Å². The van der Waals surface area contributed by atoms with E-state index in [1.807, 2.05) is 12.4 Å². The van der Waals surface area contributed by atoms with E-state index >= 15 is 0 Å². The zero-order valence-corrected chi connectivity index (χ0v) is 14.8. The molecule has 3 aromatic rings. The predicted octanol–water partition coefficient (Wildman–Crippen LogP) is 2.65. The highest BCUT2D eigenvalue weighted by molar-refractivity contribution is 5.36. The number of anilines is 1. The minimum atomic E-state index is 0.559. The second-order valence-corrected chi connectivity index (χ2v) is 5.87. The van der Waals surface area contributed by atoms with Gasteiger partial charge in [0.1, 0.15) is 12.7 Å². The van der Waals surface area contributed by atoms with Crippen molar-refractivity contribution in [1.29, 1.82) is 0 Å². The maximum atomic E-state index is 4.68. The van der Waals surface area contributed by atoms with Crippen LogP contribution in [0.1, 0.15) is 39.5 Å². The highest BCUT2D eigenvalue weighted by atomic mass is 15.3. The van der Waals surface area contributed by atoms with Crippen LogP contribution in [0.25, 0.3) is 11.9 Å². The molecule has 3 rings (SSSR count). The minimum Gasteiger partial charge on any atom is -0.341 e. The molecule has 8 nitrogen and oxygen atoms in total. The van der Waals surface area contributed by atoms with Gasteiger partial charge in [-0.2, -0.15) is 15.0 Å². The molecule has 0 spiro atoms. The van der Waals surface area contributed by atoms with Gasteiger partial charge in [0.25, 0.3) is 0 Å². The predicted molar refractivity (Wildman–Crippen MR) is 96.1 cm³/mol. The molecule has 8 heteroatoms. The zero-order chi connectivity index (χ0) is 17.5. The first kappa shape index (κ1) is 17.1. The number of rotatable bonds is 9. The molecule has 0 saturated heterocycles. The Morgan fingerprint density at radius 3 is 1.72 bits per heavy atom. The summed E-state index contributed by atoms with van der Waals surface area (Å²) in [6, 6.07) is 0. The molecule has 0 aliphatic heterocycles. The minimum absolute atomic E-state index is 0.559. The lowest BCUT2D eigenvalue weighted by molar-refractivity contribution is 0.656. The van der Waals surface area contributed by atoms with Crippen LogP contribution in [0.4, 0.5) is 5.95 Å². The van der Waals surface area contributed by atoms with E-state index in [1.165, 1.54) is 0 Å². The van der Waals surface area contributed by atoms with Crippen LogP contribution < -0.4 is 4.90 Å². The molecule has 0 N–H and O–H groups in total. The van der Waals surface area contributed by atoms with Gasteiger partial charge in [0.2, 0.25) is 17.8 Å². The Hall–Kier alpha value is -2.77. The Balaban J connectivity index is 2.00. The Morgan fingerprint density at radius 1 is 0.800 bits per heavy atom. The zero-order valence-electron chi connectivity index (χ0n) is 14.8. The molecule has 0 aliphatic carbocycles. The molecular formula is C17H24N8. The highest BCUT2D eigenvalue weighted by Gasteiger charge is 2.15. The fourth-order valence-corrected chi connectivity index (χ4v) is 2.48. The molecule has 0 aromatic carbocycles. The van der Waals surface area contributed by atoms with Gasteiger partial charge in [-0.3, -0.25) is 9.13 Å². The van der Waals surface area contributed by atoms with E-state index in [2.05, 4.69) is 43.7 Å². The molecule has 0 saturated carbocycles. The monoisotopic (exact) mass is 340 g/mol. The molecule has 0 aliphatic rings. The Morgan fingerprint density at radius 2 is 1.32 bits per heavy atom. The van der Waals surface area contributed by atoms with Crippen LogP contribution in [0, 0.1) is 0 Å². The van der Waals surface area contributed by atoms with Crippen LogP contribution in [0.3, 0.4) is 0 Å². The van der Waals surface area contributed by atoms with Crippen LogP contribution in [-0.2, 0) is 0 Å². The number of aromatic nitrogens is 7. The summed E-state index contributed by atoms with van der Waals surface area (Å²) in [4.78, 5) is 24.4. The van der Waals surface area contributed by atoms with Crippen molar-refractivity contribution in [1.82, 2.24) is 34.1 Å². The molecule has 25 heavy (non-hydrogen) atoms. The van der Waals surface area contributed by atoms with E-state index in [0.29, 0.717) is 17.8 Å². The number of hydrogen-bond donors (Lipinski definition) is 0. The lowest BCUT2D eigenvalue weighted by Crippen LogP contribution is -2.28. The van der Waals surface area contributed by atoms with Gasteiger partial charge < -0.3 is 4.90 Å². The normalized spacial score (nSPS) is 11.0. The quantitative estimate of drug-likeness (QED) is 0.596. The first-order valence-electron chi connectivity index (χ1n) is 8.79. The van der Waals surface area contributed by atoms with Crippen LogP contribution in [0.2, 0.25) is 0 Å². The summed E-state index contributed by atoms with van der Waals surface area (Å²) >= 11 is 0. The summed E-state index contributed by atoms with van der Waals surface area (Å²) in [5.41, 5.74) is 0. The van der Waals surface area contributed by atoms with Gasteiger partial charge >= 0.3 is 0 Å². The maximum Gasteiger partial charge on any atom is 0.241 e. The first-order valence-corrected chi connectivity index (χ1v) is 8.79. The van der Waals surface area contributed by atoms with E-state index in [-0.39, 0.29) is 0 Å². The first-order chi connectivity index (χ1) is 12.3. The molecule has 0 fully saturated rings. The van der Waals surface area contributed by atoms with E-state index < -0.39 is 0 Å². The SMILES string of the molecule is CCCCN(CCCC)c1nc(-n2ccnc2)nc(-n2ccnc2)n1. The highest BCUT2D eigenvalue weighted by Crippen LogP contribution is 2.15. The average Bonchev–Trinajstić information content (AvgIpc) is 3.35. The lowest BCUT2D eigenvalue weighted by atomic mass is 10.3. The Labute approximate surface area is 147 Å². The van der Waals surface area contributed by atoms with Gasteiger partial charge in [-0.1, -0.05) is 26.7 Å². The summed E-state index contributed by atoms with van der Waals surface area (Å²) in [6.07, 6.45) is 15.0. The molecule has 0 unspecified atom stereocenters. The van der Waals surface area contributed by atoms with Crippen molar-refractivity contribution in [3.8, 4) is 11.9 Å². The third-order valence-corrected chi connectivity index (χ3v) is 3.92. The number of nitrogens with zero attached hydrogens (tertiary/aromatic N) is 8. The molecule has 3 heterocycles. The topological polar surface area (TPSA) is 77.5 Å². The molecule has 0 amide bonds. The third kappa shape index (κ3) is 4.20. The fraction of sp³-hybridized carbons (Fsp3) is 0.471. The molecule has 0 bridgehead atoms. The van der Waals surface area contributed by atoms with Crippen molar-refractivity contribution in [2.24, 2.45) is 0 Å². The van der Waals surface area contributed by atoms with Gasteiger partial charge in [0.05, 0.1) is 0 Å². The number of unbranched alkanes of at least 4 members (excludes halogenated alkanes) is 2. The van der Waals surface area contributed by atoms with E-state index in [4.69, 9.17) is 0 Å². The molecule has 132 valence electrons. The smallest absolute Gasteiger partial charge is 0.241 e. The van der Waals surface area contributed by atoms with E-state index in [0.717, 1.165) is 38.8 Å². The molecular weight excluding hydrogens is 316 g/mol. The van der Waals surface area contributed by atoms with Crippen molar-refractivity contribution >= 4 is 5.95 Å². The van der Waals surface area contributed by atoms with Crippen molar-refractivity contribution < 1.29 is 0 Å². The second-order valence-electron chi connectivity index (χ2n) is 5.87. The standard InChI is InChI=1S/C17H24N8/c1-3-5-9-23(10-6-4-2)15-20-16(24-11-7-18-13-24)22-17(21-15)25-12-8-19-14-25/h7-8,11-14H,3-6,9-10H2,1-2H3. The number of imidazole rings is 2. The van der Waals surface area contributed by atoms with Crippen molar-refractivity contribution in [2.45, 2.75) is 39.5 Å². The number of hydrogen-bond acceptors (Lipinski definition) is 6. The summed E-state index contributed by atoms with van der Waals surface area (Å²) in [7, 11) is 0. The van der Waals surface area contributed by atoms with Crippen molar-refractivity contribution in [3.63, 3.8) is 0 Å². The summed E-state index contributed by atoms with van der Waals surface area (Å²) < 4.78 is 3.59. The van der Waals surface area contributed by atoms with Crippen molar-refractivity contribution in [3.05, 3.63) is 37.4 Å². The van der Waals surface area contributed by atoms with Crippen LogP contribution in [0.5, 0.6) is 0 Å². The molecule has 3 aromatic heterocycles. The Bertz CT molecular complexity index is 691. The van der Waals surface area contributed by atoms with Gasteiger partial charge in [-0.15, -0.1) is 0 Å². The Kier molecular flexibility index (Phi) is 5.71. The van der Waals surface area contributed by atoms with Crippen molar-refractivity contribution in [2.75, 3.05) is 18.0 Å². The van der Waals surface area contributed by atoms with Crippen LogP contribution in [0.15, 0.2) is 37.4 Å². The van der Waals surface area contributed by atoms with E-state index in [1.54, 1.807) is 34.2 Å². The third-order valence-electron chi connectivity index (χ3n) is 3.92. The van der Waals surface area contributed by atoms with Gasteiger partial charge in [0, 0.05) is 37.9 Å². The average molecular weight is 340 g/mol. The molecule has 0 radical (unpaired) electrons. The summed E-state index contributed by atoms with van der Waals surface area (Å²) in [5.74, 6) is 1.82. The fourth-order valence-electron chi connectivity index (χ4n) is 2.48. The van der Waals surface area contributed by atoms with E-state index in [9.17, 15) is 0 Å². The molecule has 0 atom stereocenters. The summed E-state index contributed by atoms with van der Waals surface area (Å²) in [6.45, 7) is 6.26. The van der Waals surface area contributed by atoms with Crippen LogP contribution >= 0.6 is 0 Å². The lowest BCUT2D eigenvalue weighted by Gasteiger charge is -2.23.